The molecule has 0 aromatic carbocycles. The zero-order valence-corrected chi connectivity index (χ0v) is 12.4. The van der Waals surface area contributed by atoms with Crippen molar-refractivity contribution >= 4 is 10.1 Å². The largest absolute Gasteiger partial charge is 0.431 e. The van der Waals surface area contributed by atoms with Crippen molar-refractivity contribution in [3.63, 3.8) is 0 Å². The molecule has 0 fully saturated rings. The van der Waals surface area contributed by atoms with E-state index < -0.39 is 34.3 Å². The Bertz CT molecular complexity index is 353. The van der Waals surface area contributed by atoms with Gasteiger partial charge < -0.3 is 10.0 Å². The number of hydrogen-bond donors (Lipinski definition) is 2. The van der Waals surface area contributed by atoms with Gasteiger partial charge in [0.25, 0.3) is 0 Å². The van der Waals surface area contributed by atoms with Crippen molar-refractivity contribution in [3.05, 3.63) is 0 Å². The third kappa shape index (κ3) is 6.33. The quantitative estimate of drug-likeness (QED) is 0.551. The smallest absolute Gasteiger partial charge is 0.396 e. The first-order chi connectivity index (χ1) is 8.91. The molecule has 0 unspecified atom stereocenters. The zero-order valence-electron chi connectivity index (χ0n) is 11.6. The first-order valence-electron chi connectivity index (χ1n) is 5.97. The van der Waals surface area contributed by atoms with Gasteiger partial charge in [-0.25, -0.2) is 0 Å². The second-order valence-electron chi connectivity index (χ2n) is 3.79. The number of nitrogens with zero attached hydrogens (tertiary/aromatic N) is 1. The van der Waals surface area contributed by atoms with Crippen molar-refractivity contribution in [1.82, 2.24) is 4.90 Å². The molecule has 2 N–H and O–H groups in total. The van der Waals surface area contributed by atoms with Crippen LogP contribution in [0.5, 0.6) is 0 Å². The van der Waals surface area contributed by atoms with Crippen LogP contribution in [-0.4, -0.2) is 60.4 Å². The Morgan fingerprint density at radius 1 is 1.00 bits per heavy atom. The van der Waals surface area contributed by atoms with Gasteiger partial charge in [0.1, 0.15) is 0 Å². The van der Waals surface area contributed by atoms with Crippen molar-refractivity contribution in [2.75, 3.05) is 26.2 Å². The number of hydrogen-bond acceptors (Lipinski definition) is 4. The predicted octanol–water partition coefficient (Wildman–Crippen LogP) is 1.83. The summed E-state index contributed by atoms with van der Waals surface area (Å²) < 4.78 is 76.3. The second-order valence-corrected chi connectivity index (χ2v) is 5.25. The van der Waals surface area contributed by atoms with Gasteiger partial charge >= 0.3 is 21.3 Å². The van der Waals surface area contributed by atoms with E-state index in [-0.39, 0.29) is 0 Å². The van der Waals surface area contributed by atoms with Crippen LogP contribution < -0.4 is 0 Å². The van der Waals surface area contributed by atoms with Crippen molar-refractivity contribution < 1.29 is 35.6 Å². The maximum Gasteiger partial charge on any atom is 0.431 e. The SMILES string of the molecule is CCN(CC)CC.O=S(=O)(O)C(F)(F)C(F)(F)CCO. The standard InChI is InChI=1S/C6H15N.C4H6F4O4S/c1-4-7(5-2)6-3;5-3(6,1-2-9)4(7,8)13(10,11)12/h4-6H2,1-3H3;9H,1-2H2,(H,10,11,12). The summed E-state index contributed by atoms with van der Waals surface area (Å²) in [5, 5.41) is 2.36. The fourth-order valence-electron chi connectivity index (χ4n) is 1.15. The molecule has 0 heterocycles. The maximum atomic E-state index is 12.2. The lowest BCUT2D eigenvalue weighted by atomic mass is 10.2. The third-order valence-corrected chi connectivity index (χ3v) is 3.46. The molecule has 0 bridgehead atoms. The minimum absolute atomic E-state index is 1.19. The van der Waals surface area contributed by atoms with Crippen molar-refractivity contribution in [2.45, 2.75) is 38.4 Å². The second kappa shape index (κ2) is 8.75. The van der Waals surface area contributed by atoms with Gasteiger partial charge in [-0.1, -0.05) is 20.8 Å². The highest BCUT2D eigenvalue weighted by Crippen LogP contribution is 2.40. The Balaban J connectivity index is 0. The molecule has 0 aromatic heterocycles. The van der Waals surface area contributed by atoms with Gasteiger partial charge in [0, 0.05) is 13.0 Å². The van der Waals surface area contributed by atoms with Crippen molar-refractivity contribution in [2.24, 2.45) is 0 Å². The van der Waals surface area contributed by atoms with Crippen molar-refractivity contribution in [1.29, 1.82) is 0 Å². The Hall–Kier alpha value is -0.450. The van der Waals surface area contributed by atoms with E-state index in [1.807, 2.05) is 0 Å². The number of alkyl halides is 4. The highest BCUT2D eigenvalue weighted by atomic mass is 32.2. The van der Waals surface area contributed by atoms with Crippen LogP contribution in [0.25, 0.3) is 0 Å². The highest BCUT2D eigenvalue weighted by molar-refractivity contribution is 7.87. The van der Waals surface area contributed by atoms with Crippen LogP contribution in [-0.2, 0) is 10.1 Å². The summed E-state index contributed by atoms with van der Waals surface area (Å²) >= 11 is 0. The van der Waals surface area contributed by atoms with Crippen LogP contribution in [0.1, 0.15) is 27.2 Å². The van der Waals surface area contributed by atoms with Crippen LogP contribution in [0.3, 0.4) is 0 Å². The van der Waals surface area contributed by atoms with E-state index in [2.05, 4.69) is 25.7 Å². The summed E-state index contributed by atoms with van der Waals surface area (Å²) in [5.41, 5.74) is 0. The van der Waals surface area contributed by atoms with Crippen LogP contribution >= 0.6 is 0 Å². The van der Waals surface area contributed by atoms with Crippen LogP contribution in [0, 0.1) is 0 Å². The molecule has 20 heavy (non-hydrogen) atoms. The fourth-order valence-corrected chi connectivity index (χ4v) is 1.62. The molecule has 0 amide bonds. The Labute approximate surface area is 116 Å². The molecule has 0 aliphatic carbocycles. The lowest BCUT2D eigenvalue weighted by Gasteiger charge is -2.22. The predicted molar refractivity (Wildman–Crippen MR) is 66.6 cm³/mol. The molecule has 0 aromatic rings. The maximum absolute atomic E-state index is 12.2. The summed E-state index contributed by atoms with van der Waals surface area (Å²) in [5.74, 6) is -4.99. The number of rotatable bonds is 7. The Morgan fingerprint density at radius 2 is 1.35 bits per heavy atom. The zero-order chi connectivity index (χ0) is 16.6. The topological polar surface area (TPSA) is 77.8 Å². The lowest BCUT2D eigenvalue weighted by Crippen LogP contribution is -2.47. The number of halogens is 4. The van der Waals surface area contributed by atoms with E-state index in [0.29, 0.717) is 0 Å². The molecule has 0 radical (unpaired) electrons. The normalized spacial score (nSPS) is 13.1. The van der Waals surface area contributed by atoms with Gasteiger partial charge in [-0.15, -0.1) is 0 Å². The number of aliphatic hydroxyl groups is 1. The van der Waals surface area contributed by atoms with Gasteiger partial charge in [-0.3, -0.25) is 4.55 Å². The first kappa shape index (κ1) is 21.8. The monoisotopic (exact) mass is 327 g/mol. The van der Waals surface area contributed by atoms with E-state index in [4.69, 9.17) is 9.66 Å². The molecule has 0 atom stereocenters. The molecule has 0 saturated carbocycles. The Morgan fingerprint density at radius 3 is 1.50 bits per heavy atom. The summed E-state index contributed by atoms with van der Waals surface area (Å²) in [6.07, 6.45) is -1.75. The third-order valence-electron chi connectivity index (χ3n) is 2.52. The molecule has 0 aliphatic heterocycles. The van der Waals surface area contributed by atoms with Gasteiger partial charge in [-0.2, -0.15) is 26.0 Å². The minimum atomic E-state index is -6.18. The molecule has 124 valence electrons. The molecular formula is C10H21F4NO4S. The fraction of sp³-hybridized carbons (Fsp3) is 1.00. The molecule has 0 saturated heterocycles. The minimum Gasteiger partial charge on any atom is -0.396 e. The number of aliphatic hydroxyl groups excluding tert-OH is 1. The highest BCUT2D eigenvalue weighted by Gasteiger charge is 2.64. The van der Waals surface area contributed by atoms with Gasteiger partial charge in [0.05, 0.1) is 0 Å². The lowest BCUT2D eigenvalue weighted by molar-refractivity contribution is -0.168. The molecule has 0 spiro atoms. The molecule has 0 aliphatic rings. The molecular weight excluding hydrogens is 306 g/mol. The van der Waals surface area contributed by atoms with Crippen molar-refractivity contribution in [3.8, 4) is 0 Å². The van der Waals surface area contributed by atoms with Crippen LogP contribution in [0.2, 0.25) is 0 Å². The molecule has 10 heteroatoms. The first-order valence-corrected chi connectivity index (χ1v) is 7.41. The summed E-state index contributed by atoms with van der Waals surface area (Å²) in [4.78, 5) is 2.38. The average molecular weight is 327 g/mol. The molecule has 0 rings (SSSR count). The summed E-state index contributed by atoms with van der Waals surface area (Å²) in [7, 11) is -6.18. The Kier molecular flexibility index (Phi) is 9.56. The van der Waals surface area contributed by atoms with Gasteiger partial charge in [-0.05, 0) is 19.6 Å². The van der Waals surface area contributed by atoms with Gasteiger partial charge in [0.2, 0.25) is 0 Å². The summed E-state index contributed by atoms with van der Waals surface area (Å²) in [6.45, 7) is 8.80. The van der Waals surface area contributed by atoms with E-state index in [1.54, 1.807) is 0 Å². The van der Waals surface area contributed by atoms with E-state index in [0.717, 1.165) is 0 Å². The summed E-state index contributed by atoms with van der Waals surface area (Å²) in [6, 6.07) is 0. The van der Waals surface area contributed by atoms with Crippen LogP contribution in [0.4, 0.5) is 17.6 Å². The molecule has 5 nitrogen and oxygen atoms in total. The van der Waals surface area contributed by atoms with E-state index in [9.17, 15) is 26.0 Å². The van der Waals surface area contributed by atoms with E-state index >= 15 is 0 Å². The van der Waals surface area contributed by atoms with Gasteiger partial charge in [0.15, 0.2) is 0 Å². The van der Waals surface area contributed by atoms with Crippen LogP contribution in [0.15, 0.2) is 0 Å². The van der Waals surface area contributed by atoms with E-state index in [1.165, 1.54) is 19.6 Å². The average Bonchev–Trinajstić information content (AvgIpc) is 2.30.